The molecule has 0 aliphatic heterocycles. The van der Waals surface area contributed by atoms with Crippen LogP contribution in [-0.2, 0) is 6.42 Å². The predicted octanol–water partition coefficient (Wildman–Crippen LogP) is 3.15. The summed E-state index contributed by atoms with van der Waals surface area (Å²) in [6.45, 7) is 2.18. The zero-order chi connectivity index (χ0) is 10.4. The van der Waals surface area contributed by atoms with Crippen molar-refractivity contribution in [3.8, 4) is 0 Å². The number of nitrogens with two attached hydrogens (primary N) is 1. The second-order valence-electron chi connectivity index (χ2n) is 5.33. The Labute approximate surface area is 95.7 Å². The van der Waals surface area contributed by atoms with Gasteiger partial charge in [-0.05, 0) is 61.5 Å². The van der Waals surface area contributed by atoms with Crippen molar-refractivity contribution in [2.75, 3.05) is 0 Å². The van der Waals surface area contributed by atoms with Gasteiger partial charge in [0.15, 0.2) is 0 Å². The van der Waals surface area contributed by atoms with Crippen LogP contribution in [0.4, 0.5) is 0 Å². The summed E-state index contributed by atoms with van der Waals surface area (Å²) in [5.74, 6) is 2.54. The summed E-state index contributed by atoms with van der Waals surface area (Å²) in [4.78, 5) is 1.60. The standard InChI is InChI=1S/C13H19NS/c1-8(14)12-11-6-9(7-11)2-3-10-4-5-15-13(10)12/h4-5,8-9,11-12H,2-3,6-7,14H2,1H3. The van der Waals surface area contributed by atoms with Crippen LogP contribution in [0.5, 0.6) is 0 Å². The van der Waals surface area contributed by atoms with Crippen LogP contribution in [0.25, 0.3) is 0 Å². The molecule has 3 aliphatic carbocycles. The van der Waals surface area contributed by atoms with Crippen LogP contribution in [0.1, 0.15) is 42.5 Å². The number of hydrogen-bond donors (Lipinski definition) is 1. The smallest absolute Gasteiger partial charge is 0.0126 e. The Hall–Kier alpha value is -0.340. The largest absolute Gasteiger partial charge is 0.327 e. The Bertz CT molecular complexity index is 349. The first-order valence-corrected chi connectivity index (χ1v) is 6.95. The van der Waals surface area contributed by atoms with Gasteiger partial charge >= 0.3 is 0 Å². The first kappa shape index (κ1) is 9.86. The Morgan fingerprint density at radius 2 is 2.27 bits per heavy atom. The molecule has 1 aromatic rings. The molecule has 1 fully saturated rings. The van der Waals surface area contributed by atoms with Crippen LogP contribution in [-0.4, -0.2) is 6.04 Å². The van der Waals surface area contributed by atoms with Crippen molar-refractivity contribution in [3.63, 3.8) is 0 Å². The van der Waals surface area contributed by atoms with Crippen LogP contribution in [0.3, 0.4) is 0 Å². The molecule has 0 radical (unpaired) electrons. The summed E-state index contributed by atoms with van der Waals surface area (Å²) < 4.78 is 0. The molecule has 82 valence electrons. The highest BCUT2D eigenvalue weighted by atomic mass is 32.1. The lowest BCUT2D eigenvalue weighted by molar-refractivity contribution is 0.135. The van der Waals surface area contributed by atoms with E-state index in [-0.39, 0.29) is 0 Å². The van der Waals surface area contributed by atoms with Crippen molar-refractivity contribution < 1.29 is 0 Å². The van der Waals surface area contributed by atoms with Gasteiger partial charge in [0.1, 0.15) is 0 Å². The van der Waals surface area contributed by atoms with Crippen LogP contribution in [0, 0.1) is 11.8 Å². The minimum Gasteiger partial charge on any atom is -0.327 e. The summed E-state index contributed by atoms with van der Waals surface area (Å²) in [6, 6.07) is 2.64. The summed E-state index contributed by atoms with van der Waals surface area (Å²) in [7, 11) is 0. The molecule has 0 aromatic carbocycles. The van der Waals surface area contributed by atoms with E-state index >= 15 is 0 Å². The molecule has 0 amide bonds. The molecule has 0 saturated heterocycles. The van der Waals surface area contributed by atoms with E-state index in [1.54, 1.807) is 10.4 Å². The van der Waals surface area contributed by atoms with Gasteiger partial charge in [0.05, 0.1) is 0 Å². The molecule has 2 unspecified atom stereocenters. The summed E-state index contributed by atoms with van der Waals surface area (Å²) in [6.07, 6.45) is 5.57. The normalized spacial score (nSPS) is 36.0. The van der Waals surface area contributed by atoms with E-state index in [4.69, 9.17) is 5.73 Å². The molecule has 0 spiro atoms. The number of aryl methyl sites for hydroxylation is 1. The van der Waals surface area contributed by atoms with E-state index in [9.17, 15) is 0 Å². The molecular formula is C13H19NS. The Kier molecular flexibility index (Phi) is 2.37. The van der Waals surface area contributed by atoms with Crippen molar-refractivity contribution >= 4 is 11.3 Å². The summed E-state index contributed by atoms with van der Waals surface area (Å²) >= 11 is 1.93. The lowest BCUT2D eigenvalue weighted by atomic mass is 9.63. The third-order valence-electron chi connectivity index (χ3n) is 4.25. The molecular weight excluding hydrogens is 202 g/mol. The van der Waals surface area contributed by atoms with Gasteiger partial charge in [-0.3, -0.25) is 0 Å². The first-order valence-electron chi connectivity index (χ1n) is 6.07. The Morgan fingerprint density at radius 1 is 1.47 bits per heavy atom. The second kappa shape index (κ2) is 3.60. The van der Waals surface area contributed by atoms with Gasteiger partial charge < -0.3 is 5.73 Å². The van der Waals surface area contributed by atoms with E-state index < -0.39 is 0 Å². The molecule has 2 atom stereocenters. The minimum absolute atomic E-state index is 0.325. The maximum Gasteiger partial charge on any atom is 0.0126 e. The molecule has 1 aromatic heterocycles. The topological polar surface area (TPSA) is 26.0 Å². The van der Waals surface area contributed by atoms with Gasteiger partial charge in [0.25, 0.3) is 0 Å². The predicted molar refractivity (Wildman–Crippen MR) is 65.2 cm³/mol. The van der Waals surface area contributed by atoms with Gasteiger partial charge in [-0.1, -0.05) is 0 Å². The molecule has 1 saturated carbocycles. The zero-order valence-electron chi connectivity index (χ0n) is 9.28. The van der Waals surface area contributed by atoms with Gasteiger partial charge in [0.2, 0.25) is 0 Å². The third kappa shape index (κ3) is 1.55. The fraction of sp³-hybridized carbons (Fsp3) is 0.692. The monoisotopic (exact) mass is 221 g/mol. The fourth-order valence-corrected chi connectivity index (χ4v) is 4.67. The fourth-order valence-electron chi connectivity index (χ4n) is 3.40. The van der Waals surface area contributed by atoms with E-state index in [0.717, 1.165) is 11.8 Å². The van der Waals surface area contributed by atoms with Gasteiger partial charge in [-0.15, -0.1) is 11.3 Å². The van der Waals surface area contributed by atoms with Gasteiger partial charge in [0, 0.05) is 16.8 Å². The first-order chi connectivity index (χ1) is 7.25. The highest BCUT2D eigenvalue weighted by molar-refractivity contribution is 7.10. The van der Waals surface area contributed by atoms with E-state index in [0.29, 0.717) is 12.0 Å². The number of rotatable bonds is 1. The van der Waals surface area contributed by atoms with Crippen molar-refractivity contribution in [2.45, 2.75) is 44.6 Å². The number of fused-ring (bicyclic) bond motifs is 1. The van der Waals surface area contributed by atoms with Crippen LogP contribution in [0.15, 0.2) is 11.4 Å². The quantitative estimate of drug-likeness (QED) is 0.774. The van der Waals surface area contributed by atoms with Gasteiger partial charge in [-0.2, -0.15) is 0 Å². The molecule has 1 heterocycles. The van der Waals surface area contributed by atoms with E-state index in [2.05, 4.69) is 18.4 Å². The van der Waals surface area contributed by atoms with E-state index in [1.165, 1.54) is 25.7 Å². The Balaban J connectivity index is 1.99. The summed E-state index contributed by atoms with van der Waals surface area (Å²) in [5, 5.41) is 2.25. The molecule has 2 N–H and O–H groups in total. The average molecular weight is 221 g/mol. The molecule has 2 heteroatoms. The lowest BCUT2D eigenvalue weighted by Gasteiger charge is -2.44. The van der Waals surface area contributed by atoms with Crippen molar-refractivity contribution in [2.24, 2.45) is 17.6 Å². The van der Waals surface area contributed by atoms with Crippen LogP contribution >= 0.6 is 11.3 Å². The molecule has 3 aliphatic rings. The van der Waals surface area contributed by atoms with Crippen molar-refractivity contribution in [1.82, 2.24) is 0 Å². The molecule has 4 rings (SSSR count). The summed E-state index contributed by atoms with van der Waals surface area (Å²) in [5.41, 5.74) is 7.78. The lowest BCUT2D eigenvalue weighted by Crippen LogP contribution is -2.39. The molecule has 2 bridgehead atoms. The maximum absolute atomic E-state index is 6.18. The second-order valence-corrected chi connectivity index (χ2v) is 6.28. The molecule has 15 heavy (non-hydrogen) atoms. The highest BCUT2D eigenvalue weighted by Gasteiger charge is 2.40. The van der Waals surface area contributed by atoms with Crippen LogP contribution < -0.4 is 5.73 Å². The molecule has 1 nitrogen and oxygen atoms in total. The number of thiophene rings is 1. The van der Waals surface area contributed by atoms with Crippen LogP contribution in [0.2, 0.25) is 0 Å². The van der Waals surface area contributed by atoms with Crippen molar-refractivity contribution in [1.29, 1.82) is 0 Å². The zero-order valence-corrected chi connectivity index (χ0v) is 10.1. The SMILES string of the molecule is CC(N)C1c2sccc2CCC2CC1C2. The number of hydrogen-bond acceptors (Lipinski definition) is 2. The maximum atomic E-state index is 6.18. The van der Waals surface area contributed by atoms with Gasteiger partial charge in [-0.25, -0.2) is 0 Å². The van der Waals surface area contributed by atoms with Crippen molar-refractivity contribution in [3.05, 3.63) is 21.9 Å². The minimum atomic E-state index is 0.325. The third-order valence-corrected chi connectivity index (χ3v) is 5.31. The highest BCUT2D eigenvalue weighted by Crippen LogP contribution is 2.50. The average Bonchev–Trinajstić information content (AvgIpc) is 2.48. The Morgan fingerprint density at radius 3 is 3.00 bits per heavy atom. The van der Waals surface area contributed by atoms with E-state index in [1.807, 2.05) is 11.3 Å².